The SMILES string of the molecule is O=C1[C@@H]2[C@@H]3C=C[C@@H]([C@H]2C(=O)N1CCO)[C@H]1[C@H]2C(=O)N(CCO)C(=O)[C@@H]2[C@@H]31. The van der Waals surface area contributed by atoms with Gasteiger partial charge in [-0.2, -0.15) is 0 Å². The maximum Gasteiger partial charge on any atom is 0.233 e. The fraction of sp³-hybridized carbons (Fsp3) is 0.667. The molecule has 2 bridgehead atoms. The molecule has 0 aromatic carbocycles. The lowest BCUT2D eigenvalue weighted by atomic mass is 9.40. The number of fused-ring (bicyclic) bond motifs is 1. The van der Waals surface area contributed by atoms with Gasteiger partial charge in [-0.1, -0.05) is 12.2 Å². The number of nitrogens with zero attached hydrogens (tertiary/aromatic N) is 2. The number of carbonyl (C=O) groups is 4. The third kappa shape index (κ3) is 1.63. The minimum absolute atomic E-state index is 0.00185. The van der Waals surface area contributed by atoms with Crippen LogP contribution in [-0.4, -0.2) is 69.9 Å². The van der Waals surface area contributed by atoms with Crippen molar-refractivity contribution in [2.45, 2.75) is 0 Å². The normalized spacial score (nSPS) is 45.2. The maximum atomic E-state index is 12.8. The summed E-state index contributed by atoms with van der Waals surface area (Å²) in [7, 11) is 0. The van der Waals surface area contributed by atoms with Gasteiger partial charge in [0.15, 0.2) is 0 Å². The van der Waals surface area contributed by atoms with Crippen molar-refractivity contribution in [3.63, 3.8) is 0 Å². The number of likely N-dealkylation sites (tertiary alicyclic amines) is 2. The molecule has 2 aliphatic heterocycles. The lowest BCUT2D eigenvalue weighted by molar-refractivity contribution is -0.166. The number of hydrogen-bond acceptors (Lipinski definition) is 6. The highest BCUT2D eigenvalue weighted by atomic mass is 16.3. The molecule has 4 amide bonds. The second kappa shape index (κ2) is 5.23. The molecule has 8 atom stereocenters. The second-order valence-electron chi connectivity index (χ2n) is 7.90. The van der Waals surface area contributed by atoms with Crippen molar-refractivity contribution >= 4 is 23.6 Å². The molecule has 0 aromatic heterocycles. The van der Waals surface area contributed by atoms with E-state index in [4.69, 9.17) is 10.2 Å². The van der Waals surface area contributed by atoms with E-state index < -0.39 is 23.7 Å². The number of aliphatic hydroxyl groups excluding tert-OH is 2. The third-order valence-electron chi connectivity index (χ3n) is 7.17. The molecule has 6 aliphatic rings. The minimum Gasteiger partial charge on any atom is -0.395 e. The van der Waals surface area contributed by atoms with Gasteiger partial charge in [0.2, 0.25) is 23.6 Å². The number of hydrogen-bond donors (Lipinski definition) is 2. The highest BCUT2D eigenvalue weighted by molar-refractivity contribution is 6.09. The molecule has 0 aromatic rings. The molecule has 0 unspecified atom stereocenters. The summed E-state index contributed by atoms with van der Waals surface area (Å²) in [6, 6.07) is 0. The highest BCUT2D eigenvalue weighted by Crippen LogP contribution is 2.68. The molecular formula is C18H20N2O6. The van der Waals surface area contributed by atoms with Crippen molar-refractivity contribution in [1.82, 2.24) is 9.80 Å². The molecule has 2 saturated heterocycles. The van der Waals surface area contributed by atoms with Crippen LogP contribution in [0.5, 0.6) is 0 Å². The summed E-state index contributed by atoms with van der Waals surface area (Å²) in [4.78, 5) is 53.2. The first kappa shape index (κ1) is 16.1. The Kier molecular flexibility index (Phi) is 3.25. The van der Waals surface area contributed by atoms with E-state index in [1.165, 1.54) is 0 Å². The van der Waals surface area contributed by atoms with Crippen LogP contribution in [0, 0.1) is 47.3 Å². The predicted molar refractivity (Wildman–Crippen MR) is 84.7 cm³/mol. The van der Waals surface area contributed by atoms with Crippen LogP contribution in [0.2, 0.25) is 0 Å². The zero-order valence-corrected chi connectivity index (χ0v) is 14.0. The molecular weight excluding hydrogens is 340 g/mol. The number of rotatable bonds is 4. The van der Waals surface area contributed by atoms with Gasteiger partial charge in [0, 0.05) is 0 Å². The van der Waals surface area contributed by atoms with Crippen molar-refractivity contribution in [3.8, 4) is 0 Å². The van der Waals surface area contributed by atoms with Gasteiger partial charge >= 0.3 is 0 Å². The van der Waals surface area contributed by atoms with Crippen LogP contribution < -0.4 is 0 Å². The van der Waals surface area contributed by atoms with Crippen LogP contribution in [0.25, 0.3) is 0 Å². The van der Waals surface area contributed by atoms with Crippen molar-refractivity contribution in [3.05, 3.63) is 12.2 Å². The molecule has 4 fully saturated rings. The molecule has 4 aliphatic carbocycles. The maximum absolute atomic E-state index is 12.8. The van der Waals surface area contributed by atoms with Crippen LogP contribution >= 0.6 is 0 Å². The van der Waals surface area contributed by atoms with Crippen LogP contribution in [0.15, 0.2) is 12.2 Å². The number of amides is 4. The zero-order valence-electron chi connectivity index (χ0n) is 14.0. The Bertz CT molecular complexity index is 707. The monoisotopic (exact) mass is 360 g/mol. The summed E-state index contributed by atoms with van der Waals surface area (Å²) in [5.41, 5.74) is 0. The van der Waals surface area contributed by atoms with Gasteiger partial charge in [-0.15, -0.1) is 0 Å². The molecule has 2 saturated carbocycles. The first-order chi connectivity index (χ1) is 12.5. The summed E-state index contributed by atoms with van der Waals surface area (Å²) in [5.74, 6) is -3.51. The molecule has 138 valence electrons. The Morgan fingerprint density at radius 3 is 1.35 bits per heavy atom. The third-order valence-corrected chi connectivity index (χ3v) is 7.17. The summed E-state index contributed by atoms with van der Waals surface area (Å²) in [6.07, 6.45) is 3.90. The standard InChI is InChI=1S/C18H20N2O6/c21-5-3-19-15(23)11-7-1-2-8(12(11)16(19)24)10-9(7)13-14(10)18(26)20(4-6-22)17(13)25/h1-2,7-14,21-22H,3-6H2/t7-,8-,9-,10+,11-,12-,13-,14-/m1/s1. The molecule has 2 N–H and O–H groups in total. The Balaban J connectivity index is 1.51. The average molecular weight is 360 g/mol. The zero-order chi connectivity index (χ0) is 18.3. The van der Waals surface area contributed by atoms with Crippen LogP contribution in [0.3, 0.4) is 0 Å². The van der Waals surface area contributed by atoms with E-state index in [-0.39, 0.29) is 73.6 Å². The Morgan fingerprint density at radius 2 is 1.00 bits per heavy atom. The fourth-order valence-electron chi connectivity index (χ4n) is 6.37. The van der Waals surface area contributed by atoms with Gasteiger partial charge in [0.25, 0.3) is 0 Å². The van der Waals surface area contributed by atoms with Crippen molar-refractivity contribution in [1.29, 1.82) is 0 Å². The fourth-order valence-corrected chi connectivity index (χ4v) is 6.37. The minimum atomic E-state index is -0.485. The van der Waals surface area contributed by atoms with Gasteiger partial charge < -0.3 is 10.2 Å². The lowest BCUT2D eigenvalue weighted by Crippen LogP contribution is -2.63. The number of imide groups is 2. The van der Waals surface area contributed by atoms with Crippen LogP contribution in [-0.2, 0) is 19.2 Å². The summed E-state index contributed by atoms with van der Waals surface area (Å²) < 4.78 is 0. The Morgan fingerprint density at radius 1 is 0.654 bits per heavy atom. The van der Waals surface area contributed by atoms with Crippen molar-refractivity contribution < 1.29 is 29.4 Å². The molecule has 6 rings (SSSR count). The van der Waals surface area contributed by atoms with E-state index in [2.05, 4.69) is 0 Å². The number of allylic oxidation sites excluding steroid dienone is 2. The summed E-state index contributed by atoms with van der Waals surface area (Å²) in [6.45, 7) is -0.545. The molecule has 0 spiro atoms. The molecule has 26 heavy (non-hydrogen) atoms. The van der Waals surface area contributed by atoms with E-state index in [1.54, 1.807) is 0 Å². The van der Waals surface area contributed by atoms with E-state index in [0.29, 0.717) is 0 Å². The van der Waals surface area contributed by atoms with E-state index in [9.17, 15) is 19.2 Å². The Labute approximate surface area is 149 Å². The van der Waals surface area contributed by atoms with E-state index >= 15 is 0 Å². The topological polar surface area (TPSA) is 115 Å². The number of aliphatic hydroxyl groups is 2. The van der Waals surface area contributed by atoms with Gasteiger partial charge in [-0.25, -0.2) is 0 Å². The second-order valence-corrected chi connectivity index (χ2v) is 7.90. The van der Waals surface area contributed by atoms with E-state index in [1.807, 2.05) is 12.2 Å². The smallest absolute Gasteiger partial charge is 0.233 e. The van der Waals surface area contributed by atoms with Crippen molar-refractivity contribution in [2.24, 2.45) is 47.3 Å². The lowest BCUT2D eigenvalue weighted by Gasteiger charge is -2.60. The first-order valence-corrected chi connectivity index (χ1v) is 9.13. The highest BCUT2D eigenvalue weighted by Gasteiger charge is 2.74. The summed E-state index contributed by atoms with van der Waals surface area (Å²) in [5, 5.41) is 18.3. The predicted octanol–water partition coefficient (Wildman–Crippen LogP) is -1.76. The summed E-state index contributed by atoms with van der Waals surface area (Å²) >= 11 is 0. The molecule has 2 heterocycles. The molecule has 8 heteroatoms. The Hall–Kier alpha value is -2.06. The number of β-amino-alcohol motifs (C(OH)–C–C–N with tert-alkyl or cyclic N) is 2. The van der Waals surface area contributed by atoms with E-state index in [0.717, 1.165) is 9.80 Å². The van der Waals surface area contributed by atoms with Crippen LogP contribution in [0.1, 0.15) is 0 Å². The molecule has 0 radical (unpaired) electrons. The first-order valence-electron chi connectivity index (χ1n) is 9.13. The largest absolute Gasteiger partial charge is 0.395 e. The molecule has 8 nitrogen and oxygen atoms in total. The van der Waals surface area contributed by atoms with Gasteiger partial charge in [-0.3, -0.25) is 29.0 Å². The average Bonchev–Trinajstić information content (AvgIpc) is 2.97. The van der Waals surface area contributed by atoms with Crippen molar-refractivity contribution in [2.75, 3.05) is 26.3 Å². The quantitative estimate of drug-likeness (QED) is 0.453. The van der Waals surface area contributed by atoms with Gasteiger partial charge in [0.1, 0.15) is 0 Å². The van der Waals surface area contributed by atoms with Gasteiger partial charge in [0.05, 0.1) is 50.0 Å². The van der Waals surface area contributed by atoms with Gasteiger partial charge in [-0.05, 0) is 23.7 Å². The number of carbonyl (C=O) groups excluding carboxylic acids is 4. The van der Waals surface area contributed by atoms with Crippen LogP contribution in [0.4, 0.5) is 0 Å².